The van der Waals surface area contributed by atoms with Crippen LogP contribution in [0, 0.1) is 0 Å². The number of benzene rings is 1. The third-order valence-electron chi connectivity index (χ3n) is 5.11. The van der Waals surface area contributed by atoms with Crippen molar-refractivity contribution in [3.8, 4) is 11.6 Å². The van der Waals surface area contributed by atoms with E-state index in [1.807, 2.05) is 6.92 Å². The summed E-state index contributed by atoms with van der Waals surface area (Å²) in [5.41, 5.74) is 3.68. The lowest BCUT2D eigenvalue weighted by atomic mass is 9.95. The zero-order valence-corrected chi connectivity index (χ0v) is 20.2. The number of hydrogen-bond donors (Lipinski definition) is 4. The number of nitrogens with zero attached hydrogens (tertiary/aromatic N) is 1. The summed E-state index contributed by atoms with van der Waals surface area (Å²) < 4.78 is 69.1. The molecule has 0 aliphatic carbocycles. The molecular formula is C22H28F3N3O6S. The molecule has 2 rings (SSSR count). The zero-order valence-electron chi connectivity index (χ0n) is 19.4. The van der Waals surface area contributed by atoms with Gasteiger partial charge in [-0.05, 0) is 44.0 Å². The van der Waals surface area contributed by atoms with Crippen LogP contribution in [0.4, 0.5) is 13.2 Å². The molecule has 1 amide bonds. The average molecular weight is 520 g/mol. The number of amides is 1. The van der Waals surface area contributed by atoms with Gasteiger partial charge in [-0.3, -0.25) is 15.1 Å². The fraction of sp³-hybridized carbons (Fsp3) is 0.455. The smallest absolute Gasteiger partial charge is 0.433 e. The second-order valence-electron chi connectivity index (χ2n) is 7.98. The Bertz CT molecular complexity index is 1070. The molecule has 0 fully saturated rings. The maximum Gasteiger partial charge on any atom is 0.433 e. The Morgan fingerprint density at radius 1 is 1.29 bits per heavy atom. The van der Waals surface area contributed by atoms with E-state index >= 15 is 0 Å². The van der Waals surface area contributed by atoms with Gasteiger partial charge in [-0.1, -0.05) is 25.5 Å². The fourth-order valence-electron chi connectivity index (χ4n) is 3.12. The Morgan fingerprint density at radius 3 is 2.54 bits per heavy atom. The van der Waals surface area contributed by atoms with Crippen LogP contribution < -0.4 is 15.8 Å². The Hall–Kier alpha value is -2.74. The van der Waals surface area contributed by atoms with Crippen LogP contribution in [0.1, 0.15) is 61.9 Å². The lowest BCUT2D eigenvalue weighted by Crippen LogP contribution is -2.37. The number of nitrogens with one attached hydrogen (secondary N) is 1. The molecule has 1 aromatic heterocycles. The largest absolute Gasteiger partial charge is 0.507 e. The van der Waals surface area contributed by atoms with Crippen LogP contribution in [0.2, 0.25) is 0 Å². The highest BCUT2D eigenvalue weighted by Gasteiger charge is 2.33. The number of halogens is 3. The van der Waals surface area contributed by atoms with E-state index in [2.05, 4.69) is 10.3 Å². The van der Waals surface area contributed by atoms with Crippen molar-refractivity contribution in [3.63, 3.8) is 0 Å². The van der Waals surface area contributed by atoms with E-state index in [4.69, 9.17) is 19.2 Å². The summed E-state index contributed by atoms with van der Waals surface area (Å²) in [5, 5.41) is 13.0. The van der Waals surface area contributed by atoms with Crippen molar-refractivity contribution in [2.75, 3.05) is 6.61 Å². The van der Waals surface area contributed by atoms with Gasteiger partial charge >= 0.3 is 17.5 Å². The number of hydrogen-bond acceptors (Lipinski definition) is 7. The lowest BCUT2D eigenvalue weighted by molar-refractivity contribution is -0.141. The van der Waals surface area contributed by atoms with Crippen LogP contribution in [-0.4, -0.2) is 31.4 Å². The van der Waals surface area contributed by atoms with Crippen molar-refractivity contribution >= 4 is 17.3 Å². The first-order chi connectivity index (χ1) is 16.3. The van der Waals surface area contributed by atoms with E-state index in [0.29, 0.717) is 12.0 Å². The van der Waals surface area contributed by atoms with E-state index in [-0.39, 0.29) is 35.9 Å². The number of pyridine rings is 1. The summed E-state index contributed by atoms with van der Waals surface area (Å²) in [5.74, 6) is -1.79. The third-order valence-corrected chi connectivity index (χ3v) is 5.60. The van der Waals surface area contributed by atoms with E-state index in [1.165, 1.54) is 31.2 Å². The number of phenols is 1. The van der Waals surface area contributed by atoms with E-state index in [0.717, 1.165) is 12.5 Å². The Labute approximate surface area is 203 Å². The second kappa shape index (κ2) is 11.8. The molecule has 5 N–H and O–H groups in total. The summed E-state index contributed by atoms with van der Waals surface area (Å²) >= 11 is -2.68. The van der Waals surface area contributed by atoms with Gasteiger partial charge in [0, 0.05) is 17.7 Å². The van der Waals surface area contributed by atoms with Crippen LogP contribution in [0.25, 0.3) is 0 Å². The number of unbranched alkanes of at least 4 members (excludes halogenated alkanes) is 1. The minimum Gasteiger partial charge on any atom is -0.507 e. The predicted molar refractivity (Wildman–Crippen MR) is 121 cm³/mol. The molecule has 13 heteroatoms. The van der Waals surface area contributed by atoms with Crippen LogP contribution in [0.5, 0.6) is 11.6 Å². The van der Waals surface area contributed by atoms with Gasteiger partial charge in [0.15, 0.2) is 5.72 Å². The molecule has 0 saturated carbocycles. The van der Waals surface area contributed by atoms with Gasteiger partial charge in [0.25, 0.3) is 0 Å². The molecule has 3 unspecified atom stereocenters. The number of carbonyl (C=O) groups is 1. The number of rotatable bonds is 11. The highest BCUT2D eigenvalue weighted by atomic mass is 32.2. The molecule has 0 aliphatic rings. The number of aromatic nitrogens is 1. The maximum atomic E-state index is 13.0. The number of carbonyl (C=O) groups excluding carboxylic acids is 1. The molecule has 0 aliphatic heterocycles. The normalized spacial score (nSPS) is 15.2. The molecule has 1 aromatic carbocycles. The van der Waals surface area contributed by atoms with Crippen molar-refractivity contribution in [3.05, 3.63) is 52.7 Å². The number of aromatic hydroxyl groups is 1. The summed E-state index contributed by atoms with van der Waals surface area (Å²) in [6, 6.07) is 6.15. The molecule has 9 nitrogen and oxygen atoms in total. The third kappa shape index (κ3) is 7.88. The molecule has 194 valence electrons. The molecule has 2 aromatic rings. The van der Waals surface area contributed by atoms with Gasteiger partial charge in [0.05, 0.1) is 12.5 Å². The van der Waals surface area contributed by atoms with Crippen LogP contribution in [0.15, 0.2) is 30.3 Å². The predicted octanol–water partition coefficient (Wildman–Crippen LogP) is 3.69. The van der Waals surface area contributed by atoms with Gasteiger partial charge in [-0.15, -0.1) is 0 Å². The topological polar surface area (TPSA) is 144 Å². The van der Waals surface area contributed by atoms with Gasteiger partial charge in [0.1, 0.15) is 11.4 Å². The molecule has 0 bridgehead atoms. The summed E-state index contributed by atoms with van der Waals surface area (Å²) in [4.78, 5) is 16.3. The second-order valence-corrected chi connectivity index (χ2v) is 8.59. The molecule has 1 heterocycles. The van der Waals surface area contributed by atoms with E-state index in [9.17, 15) is 27.3 Å². The van der Waals surface area contributed by atoms with Crippen molar-refractivity contribution in [2.45, 2.75) is 58.0 Å². The minimum atomic E-state index is -4.63. The van der Waals surface area contributed by atoms with E-state index < -0.39 is 40.8 Å². The van der Waals surface area contributed by atoms with Gasteiger partial charge in [0.2, 0.25) is 11.8 Å². The van der Waals surface area contributed by atoms with Crippen LogP contribution in [-0.2, 0) is 38.8 Å². The standard InChI is InChI=1S/C22H28F3N3O6S/c1-4-5-10-33-20-15(7-9-18(28-20)22(23,24)25)12-27-19(30)13(2)14-6-8-16(17(29)11-14)21(3,26)34-35(31)32/h6-9,11,13,29H,4-5,10,12,26H2,1-3H3,(H,27,30)(H,31,32). The molecule has 0 spiro atoms. The zero-order chi connectivity index (χ0) is 26.4. The van der Waals surface area contributed by atoms with Crippen molar-refractivity contribution < 1.29 is 40.8 Å². The molecule has 0 saturated heterocycles. The summed E-state index contributed by atoms with van der Waals surface area (Å²) in [6.45, 7) is 4.81. The van der Waals surface area contributed by atoms with Crippen LogP contribution in [0.3, 0.4) is 0 Å². The highest BCUT2D eigenvalue weighted by Crippen LogP contribution is 2.32. The Morgan fingerprint density at radius 2 is 1.97 bits per heavy atom. The highest BCUT2D eigenvalue weighted by molar-refractivity contribution is 7.74. The molecule has 3 atom stereocenters. The van der Waals surface area contributed by atoms with Crippen molar-refractivity contribution in [2.24, 2.45) is 5.73 Å². The lowest BCUT2D eigenvalue weighted by Gasteiger charge is -2.24. The number of ether oxygens (including phenoxy) is 1. The monoisotopic (exact) mass is 519 g/mol. The average Bonchev–Trinajstić information content (AvgIpc) is 2.75. The fourth-order valence-corrected chi connectivity index (χ4v) is 3.50. The van der Waals surface area contributed by atoms with Crippen molar-refractivity contribution in [1.82, 2.24) is 10.3 Å². The molecular weight excluding hydrogens is 491 g/mol. The molecule has 35 heavy (non-hydrogen) atoms. The Kier molecular flexibility index (Phi) is 9.60. The van der Waals surface area contributed by atoms with Gasteiger partial charge in [-0.25, -0.2) is 9.17 Å². The number of nitrogens with two attached hydrogens (primary N) is 1. The maximum absolute atomic E-state index is 13.0. The van der Waals surface area contributed by atoms with E-state index in [1.54, 1.807) is 6.92 Å². The summed E-state index contributed by atoms with van der Waals surface area (Å²) in [6.07, 6.45) is -3.23. The summed E-state index contributed by atoms with van der Waals surface area (Å²) in [7, 11) is 0. The minimum absolute atomic E-state index is 0.0287. The quantitative estimate of drug-likeness (QED) is 0.200. The number of alkyl halides is 3. The SMILES string of the molecule is CCCCOc1nc(C(F)(F)F)ccc1CNC(=O)C(C)c1ccc(C(C)(N)OS(=O)O)c(O)c1. The Balaban J connectivity index is 2.15. The first-order valence-corrected chi connectivity index (χ1v) is 11.7. The first kappa shape index (κ1) is 28.5. The van der Waals surface area contributed by atoms with Crippen LogP contribution >= 0.6 is 0 Å². The number of phenolic OH excluding ortho intramolecular Hbond substituents is 1. The van der Waals surface area contributed by atoms with Gasteiger partial charge < -0.3 is 15.2 Å². The van der Waals surface area contributed by atoms with Gasteiger partial charge in [-0.2, -0.15) is 17.4 Å². The van der Waals surface area contributed by atoms with Crippen molar-refractivity contribution in [1.29, 1.82) is 0 Å². The first-order valence-electron chi connectivity index (χ1n) is 10.7. The molecule has 0 radical (unpaired) electrons.